The zero-order chi connectivity index (χ0) is 8.55. The van der Waals surface area contributed by atoms with Gasteiger partial charge in [0.1, 0.15) is 0 Å². The van der Waals surface area contributed by atoms with Crippen LogP contribution in [0.2, 0.25) is 0 Å². The molecule has 1 N–H and O–H groups in total. The first-order chi connectivity index (χ1) is 5.79. The van der Waals surface area contributed by atoms with E-state index >= 15 is 0 Å². The van der Waals surface area contributed by atoms with Crippen molar-refractivity contribution in [3.05, 3.63) is 35.9 Å². The van der Waals surface area contributed by atoms with Crippen molar-refractivity contribution in [1.29, 1.82) is 0 Å². The minimum Gasteiger partial charge on any atom is -0.393 e. The van der Waals surface area contributed by atoms with Gasteiger partial charge in [0.15, 0.2) is 0 Å². The molecule has 1 aliphatic carbocycles. The second-order valence-corrected chi connectivity index (χ2v) is 3.66. The molecule has 1 fully saturated rings. The van der Waals surface area contributed by atoms with Crippen molar-refractivity contribution in [3.63, 3.8) is 0 Å². The maximum Gasteiger partial charge on any atom is 0.0546 e. The third-order valence-electron chi connectivity index (χ3n) is 2.69. The minimum atomic E-state index is -0.143. The lowest BCUT2D eigenvalue weighted by molar-refractivity contribution is 0.169. The molecule has 1 saturated carbocycles. The van der Waals surface area contributed by atoms with Gasteiger partial charge in [0.05, 0.1) is 6.10 Å². The van der Waals surface area contributed by atoms with E-state index < -0.39 is 0 Å². The van der Waals surface area contributed by atoms with Gasteiger partial charge in [0.25, 0.3) is 0 Å². The lowest BCUT2D eigenvalue weighted by Crippen LogP contribution is -2.03. The van der Waals surface area contributed by atoms with Gasteiger partial charge in [-0.1, -0.05) is 30.3 Å². The molecule has 2 rings (SSSR count). The quantitative estimate of drug-likeness (QED) is 0.706. The molecule has 1 aromatic rings. The van der Waals surface area contributed by atoms with Crippen molar-refractivity contribution >= 4 is 0 Å². The van der Waals surface area contributed by atoms with Crippen molar-refractivity contribution in [2.45, 2.75) is 25.4 Å². The molecule has 64 valence electrons. The average molecular weight is 162 g/mol. The Morgan fingerprint density at radius 3 is 2.50 bits per heavy atom. The molecule has 0 aromatic heterocycles. The number of hydrogen-bond acceptors (Lipinski definition) is 1. The predicted molar refractivity (Wildman–Crippen MR) is 49.0 cm³/mol. The highest BCUT2D eigenvalue weighted by molar-refractivity contribution is 5.25. The van der Waals surface area contributed by atoms with E-state index in [2.05, 4.69) is 24.3 Å². The maximum atomic E-state index is 9.32. The van der Waals surface area contributed by atoms with Crippen LogP contribution in [0.5, 0.6) is 0 Å². The molecule has 0 radical (unpaired) electrons. The summed E-state index contributed by atoms with van der Waals surface area (Å²) in [6.45, 7) is 1.88. The molecular weight excluding hydrogens is 148 g/mol. The van der Waals surface area contributed by atoms with Crippen LogP contribution in [0.15, 0.2) is 30.3 Å². The molecule has 0 unspecified atom stereocenters. The van der Waals surface area contributed by atoms with E-state index in [0.29, 0.717) is 11.8 Å². The average Bonchev–Trinajstić information content (AvgIpc) is 2.84. The van der Waals surface area contributed by atoms with Crippen LogP contribution in [-0.2, 0) is 0 Å². The molecule has 0 bridgehead atoms. The van der Waals surface area contributed by atoms with E-state index in [0.717, 1.165) is 6.42 Å². The molecule has 3 atom stereocenters. The monoisotopic (exact) mass is 162 g/mol. The first-order valence-corrected chi connectivity index (χ1v) is 4.52. The molecule has 1 aliphatic rings. The Balaban J connectivity index is 2.06. The topological polar surface area (TPSA) is 20.2 Å². The zero-order valence-electron chi connectivity index (χ0n) is 7.27. The van der Waals surface area contributed by atoms with E-state index in [1.807, 2.05) is 13.0 Å². The second-order valence-electron chi connectivity index (χ2n) is 3.66. The number of rotatable bonds is 2. The number of hydrogen-bond donors (Lipinski definition) is 1. The van der Waals surface area contributed by atoms with Crippen molar-refractivity contribution in [2.24, 2.45) is 5.92 Å². The maximum absolute atomic E-state index is 9.32. The third-order valence-corrected chi connectivity index (χ3v) is 2.69. The fourth-order valence-corrected chi connectivity index (χ4v) is 1.83. The van der Waals surface area contributed by atoms with Gasteiger partial charge >= 0.3 is 0 Å². The van der Waals surface area contributed by atoms with Gasteiger partial charge in [-0.15, -0.1) is 0 Å². The molecule has 0 spiro atoms. The second kappa shape index (κ2) is 2.91. The smallest absolute Gasteiger partial charge is 0.0546 e. The van der Waals surface area contributed by atoms with Crippen molar-refractivity contribution in [2.75, 3.05) is 0 Å². The van der Waals surface area contributed by atoms with Crippen LogP contribution < -0.4 is 0 Å². The van der Waals surface area contributed by atoms with Gasteiger partial charge < -0.3 is 5.11 Å². The molecule has 1 heteroatoms. The molecule has 1 nitrogen and oxygen atoms in total. The molecule has 0 amide bonds. The van der Waals surface area contributed by atoms with Crippen LogP contribution in [0, 0.1) is 5.92 Å². The first kappa shape index (κ1) is 7.81. The Bertz CT molecular complexity index is 253. The summed E-state index contributed by atoms with van der Waals surface area (Å²) in [5.74, 6) is 1.12. The van der Waals surface area contributed by atoms with Crippen LogP contribution >= 0.6 is 0 Å². The van der Waals surface area contributed by atoms with E-state index in [9.17, 15) is 5.11 Å². The van der Waals surface area contributed by atoms with Gasteiger partial charge in [0.2, 0.25) is 0 Å². The van der Waals surface area contributed by atoms with Crippen molar-refractivity contribution in [3.8, 4) is 0 Å². The molecule has 12 heavy (non-hydrogen) atoms. The highest BCUT2D eigenvalue weighted by Crippen LogP contribution is 2.49. The number of aliphatic hydroxyl groups is 1. The Morgan fingerprint density at radius 1 is 1.33 bits per heavy atom. The molecule has 0 heterocycles. The Morgan fingerprint density at radius 2 is 2.00 bits per heavy atom. The number of benzene rings is 1. The van der Waals surface area contributed by atoms with E-state index in [-0.39, 0.29) is 6.10 Å². The predicted octanol–water partition coefficient (Wildman–Crippen LogP) is 2.17. The SMILES string of the molecule is C[C@@H](O)[C@@H]1C[C@H]1c1ccccc1. The molecule has 1 aromatic carbocycles. The minimum absolute atomic E-state index is 0.143. The van der Waals surface area contributed by atoms with Crippen molar-refractivity contribution in [1.82, 2.24) is 0 Å². The summed E-state index contributed by atoms with van der Waals surface area (Å²) in [5.41, 5.74) is 1.38. The van der Waals surface area contributed by atoms with E-state index in [4.69, 9.17) is 0 Å². The van der Waals surface area contributed by atoms with Crippen LogP contribution in [0.25, 0.3) is 0 Å². The van der Waals surface area contributed by atoms with Crippen LogP contribution in [0.3, 0.4) is 0 Å². The van der Waals surface area contributed by atoms with Crippen molar-refractivity contribution < 1.29 is 5.11 Å². The van der Waals surface area contributed by atoms with Gasteiger partial charge in [-0.05, 0) is 30.7 Å². The summed E-state index contributed by atoms with van der Waals surface area (Å²) in [6, 6.07) is 10.4. The lowest BCUT2D eigenvalue weighted by atomic mass is 10.1. The zero-order valence-corrected chi connectivity index (χ0v) is 7.27. The summed E-state index contributed by atoms with van der Waals surface area (Å²) in [7, 11) is 0. The standard InChI is InChI=1S/C11H14O/c1-8(12)10-7-11(10)9-5-3-2-4-6-9/h2-6,8,10-12H,7H2,1H3/t8-,10+,11+/m1/s1. The van der Waals surface area contributed by atoms with E-state index in [1.54, 1.807) is 0 Å². The first-order valence-electron chi connectivity index (χ1n) is 4.52. The highest BCUT2D eigenvalue weighted by Gasteiger charge is 2.41. The summed E-state index contributed by atoms with van der Waals surface area (Å²) >= 11 is 0. The van der Waals surface area contributed by atoms with Gasteiger partial charge in [0, 0.05) is 0 Å². The number of aliphatic hydroxyl groups excluding tert-OH is 1. The van der Waals surface area contributed by atoms with Gasteiger partial charge in [-0.3, -0.25) is 0 Å². The lowest BCUT2D eigenvalue weighted by Gasteiger charge is -2.02. The Hall–Kier alpha value is -0.820. The highest BCUT2D eigenvalue weighted by atomic mass is 16.3. The molecule has 0 aliphatic heterocycles. The largest absolute Gasteiger partial charge is 0.393 e. The van der Waals surface area contributed by atoms with Gasteiger partial charge in [-0.2, -0.15) is 0 Å². The molecule has 0 saturated heterocycles. The summed E-state index contributed by atoms with van der Waals surface area (Å²) in [4.78, 5) is 0. The summed E-state index contributed by atoms with van der Waals surface area (Å²) < 4.78 is 0. The van der Waals surface area contributed by atoms with E-state index in [1.165, 1.54) is 5.56 Å². The normalized spacial score (nSPS) is 29.8. The Labute approximate surface area is 73.0 Å². The van der Waals surface area contributed by atoms with Gasteiger partial charge in [-0.25, -0.2) is 0 Å². The summed E-state index contributed by atoms with van der Waals surface area (Å²) in [5, 5.41) is 9.32. The third kappa shape index (κ3) is 1.37. The fourth-order valence-electron chi connectivity index (χ4n) is 1.83. The molecular formula is C11H14O. The fraction of sp³-hybridized carbons (Fsp3) is 0.455. The van der Waals surface area contributed by atoms with Crippen LogP contribution in [0.1, 0.15) is 24.8 Å². The van der Waals surface area contributed by atoms with Crippen LogP contribution in [-0.4, -0.2) is 11.2 Å². The Kier molecular flexibility index (Phi) is 1.89. The van der Waals surface area contributed by atoms with Crippen LogP contribution in [0.4, 0.5) is 0 Å². The summed E-state index contributed by atoms with van der Waals surface area (Å²) in [6.07, 6.45) is 1.01.